The lowest BCUT2D eigenvalue weighted by Crippen LogP contribution is -2.08. The van der Waals surface area contributed by atoms with Gasteiger partial charge in [-0.2, -0.15) is 0 Å². The van der Waals surface area contributed by atoms with Gasteiger partial charge in [-0.05, 0) is 48.4 Å². The summed E-state index contributed by atoms with van der Waals surface area (Å²) in [6, 6.07) is 10.5. The van der Waals surface area contributed by atoms with Crippen LogP contribution in [0.1, 0.15) is 11.1 Å². The number of anilines is 1. The molecule has 0 aliphatic rings. The van der Waals surface area contributed by atoms with E-state index in [-0.39, 0.29) is 5.91 Å². The van der Waals surface area contributed by atoms with Crippen LogP contribution in [0.15, 0.2) is 42.5 Å². The molecule has 0 heterocycles. The summed E-state index contributed by atoms with van der Waals surface area (Å²) >= 11 is 17.8. The van der Waals surface area contributed by atoms with E-state index in [0.717, 1.165) is 11.1 Å². The Morgan fingerprint density at radius 3 is 2.52 bits per heavy atom. The van der Waals surface area contributed by atoms with Gasteiger partial charge >= 0.3 is 0 Å². The first-order valence-corrected chi connectivity index (χ1v) is 7.30. The Kier molecular flexibility index (Phi) is 5.29. The summed E-state index contributed by atoms with van der Waals surface area (Å²) in [5.74, 6) is -0.244. The quantitative estimate of drug-likeness (QED) is 0.723. The number of nitrogens with one attached hydrogen (secondary N) is 1. The van der Waals surface area contributed by atoms with Crippen molar-refractivity contribution in [2.45, 2.75) is 6.92 Å². The van der Waals surface area contributed by atoms with Gasteiger partial charge in [-0.25, -0.2) is 0 Å². The van der Waals surface area contributed by atoms with E-state index in [0.29, 0.717) is 20.8 Å². The highest BCUT2D eigenvalue weighted by Gasteiger charge is 2.04. The molecule has 0 spiro atoms. The predicted octanol–water partition coefficient (Wildman–Crippen LogP) is 5.61. The van der Waals surface area contributed by atoms with Crippen molar-refractivity contribution in [2.24, 2.45) is 0 Å². The van der Waals surface area contributed by atoms with Gasteiger partial charge in [0, 0.05) is 16.8 Å². The van der Waals surface area contributed by atoms with E-state index in [9.17, 15) is 4.79 Å². The molecule has 0 saturated carbocycles. The molecule has 108 valence electrons. The largest absolute Gasteiger partial charge is 0.322 e. The minimum Gasteiger partial charge on any atom is -0.322 e. The maximum absolute atomic E-state index is 11.9. The number of hydrogen-bond acceptors (Lipinski definition) is 1. The molecule has 2 aromatic carbocycles. The molecule has 5 heteroatoms. The van der Waals surface area contributed by atoms with Gasteiger partial charge in [0.15, 0.2) is 0 Å². The molecule has 0 unspecified atom stereocenters. The van der Waals surface area contributed by atoms with E-state index < -0.39 is 0 Å². The van der Waals surface area contributed by atoms with Gasteiger partial charge in [0.1, 0.15) is 0 Å². The van der Waals surface area contributed by atoms with Crippen LogP contribution in [0, 0.1) is 6.92 Å². The Morgan fingerprint density at radius 1 is 1.05 bits per heavy atom. The second-order valence-electron chi connectivity index (χ2n) is 4.41. The number of benzene rings is 2. The Bertz CT molecular complexity index is 711. The number of hydrogen-bond donors (Lipinski definition) is 1. The third-order valence-electron chi connectivity index (χ3n) is 2.90. The van der Waals surface area contributed by atoms with Gasteiger partial charge in [-0.15, -0.1) is 0 Å². The van der Waals surface area contributed by atoms with Crippen molar-refractivity contribution in [3.63, 3.8) is 0 Å². The molecule has 0 fully saturated rings. The molecular weight excluding hydrogens is 329 g/mol. The second kappa shape index (κ2) is 6.99. The summed E-state index contributed by atoms with van der Waals surface area (Å²) in [5, 5.41) is 4.32. The summed E-state index contributed by atoms with van der Waals surface area (Å²) < 4.78 is 0. The monoisotopic (exact) mass is 339 g/mol. The minimum atomic E-state index is -0.244. The van der Waals surface area contributed by atoms with Crippen LogP contribution < -0.4 is 5.32 Å². The van der Waals surface area contributed by atoms with Gasteiger partial charge in [0.25, 0.3) is 0 Å². The molecule has 2 rings (SSSR count). The summed E-state index contributed by atoms with van der Waals surface area (Å²) in [5.41, 5.74) is 2.31. The molecule has 0 aliphatic carbocycles. The smallest absolute Gasteiger partial charge is 0.248 e. The Morgan fingerprint density at radius 2 is 1.81 bits per heavy atom. The zero-order valence-electron chi connectivity index (χ0n) is 11.2. The zero-order valence-corrected chi connectivity index (χ0v) is 13.4. The molecule has 0 aliphatic heterocycles. The van der Waals surface area contributed by atoms with Crippen LogP contribution >= 0.6 is 34.8 Å². The van der Waals surface area contributed by atoms with E-state index in [1.807, 2.05) is 6.92 Å². The summed E-state index contributed by atoms with van der Waals surface area (Å²) in [6.45, 7) is 1.85. The Hall–Kier alpha value is -1.48. The van der Waals surface area contributed by atoms with Crippen molar-refractivity contribution in [3.05, 3.63) is 68.7 Å². The van der Waals surface area contributed by atoms with E-state index in [4.69, 9.17) is 34.8 Å². The lowest BCUT2D eigenvalue weighted by molar-refractivity contribution is -0.111. The van der Waals surface area contributed by atoms with Gasteiger partial charge in [-0.1, -0.05) is 46.9 Å². The van der Waals surface area contributed by atoms with Gasteiger partial charge in [0.05, 0.1) is 10.0 Å². The first-order valence-electron chi connectivity index (χ1n) is 6.16. The fourth-order valence-corrected chi connectivity index (χ4v) is 2.19. The SMILES string of the molecule is Cc1c(Cl)cccc1NC(=O)C=Cc1ccc(Cl)c(Cl)c1. The van der Waals surface area contributed by atoms with Crippen LogP contribution in [-0.4, -0.2) is 5.91 Å². The van der Waals surface area contributed by atoms with Crippen LogP contribution in [0.4, 0.5) is 5.69 Å². The van der Waals surface area contributed by atoms with Crippen molar-refractivity contribution in [2.75, 3.05) is 5.32 Å². The molecule has 21 heavy (non-hydrogen) atoms. The lowest BCUT2D eigenvalue weighted by Gasteiger charge is -2.07. The van der Waals surface area contributed by atoms with Crippen molar-refractivity contribution in [1.29, 1.82) is 0 Å². The highest BCUT2D eigenvalue weighted by atomic mass is 35.5. The molecule has 0 bridgehead atoms. The molecule has 2 aromatic rings. The normalized spacial score (nSPS) is 10.9. The maximum Gasteiger partial charge on any atom is 0.248 e. The number of halogens is 3. The molecule has 0 saturated heterocycles. The summed E-state index contributed by atoms with van der Waals surface area (Å²) in [6.07, 6.45) is 3.09. The average Bonchev–Trinajstić information content (AvgIpc) is 2.45. The van der Waals surface area contributed by atoms with Crippen molar-refractivity contribution >= 4 is 52.5 Å². The first-order chi connectivity index (χ1) is 9.97. The molecule has 0 radical (unpaired) electrons. The van der Waals surface area contributed by atoms with Crippen LogP contribution in [-0.2, 0) is 4.79 Å². The average molecular weight is 341 g/mol. The van der Waals surface area contributed by atoms with Crippen molar-refractivity contribution in [3.8, 4) is 0 Å². The third kappa shape index (κ3) is 4.24. The van der Waals surface area contributed by atoms with Crippen molar-refractivity contribution in [1.82, 2.24) is 0 Å². The summed E-state index contributed by atoms with van der Waals surface area (Å²) in [4.78, 5) is 11.9. The third-order valence-corrected chi connectivity index (χ3v) is 4.04. The lowest BCUT2D eigenvalue weighted by atomic mass is 10.2. The number of carbonyl (C=O) groups is 1. The van der Waals surface area contributed by atoms with Crippen molar-refractivity contribution < 1.29 is 4.79 Å². The number of carbonyl (C=O) groups excluding carboxylic acids is 1. The summed E-state index contributed by atoms with van der Waals surface area (Å²) in [7, 11) is 0. The Labute approximate surface area is 138 Å². The molecule has 1 N–H and O–H groups in total. The maximum atomic E-state index is 11.9. The standard InChI is InChI=1S/C16H12Cl3NO/c1-10-12(17)3-2-4-15(10)20-16(21)8-6-11-5-7-13(18)14(19)9-11/h2-9H,1H3,(H,20,21). The molecule has 2 nitrogen and oxygen atoms in total. The molecule has 1 amide bonds. The zero-order chi connectivity index (χ0) is 15.4. The Balaban J connectivity index is 2.09. The van der Waals surface area contributed by atoms with E-state index in [1.165, 1.54) is 6.08 Å². The van der Waals surface area contributed by atoms with Crippen LogP contribution in [0.2, 0.25) is 15.1 Å². The van der Waals surface area contributed by atoms with Crippen LogP contribution in [0.5, 0.6) is 0 Å². The second-order valence-corrected chi connectivity index (χ2v) is 5.63. The molecule has 0 aromatic heterocycles. The first kappa shape index (κ1) is 15.9. The van der Waals surface area contributed by atoms with Gasteiger partial charge in [-0.3, -0.25) is 4.79 Å². The van der Waals surface area contributed by atoms with Crippen LogP contribution in [0.3, 0.4) is 0 Å². The number of amides is 1. The highest BCUT2D eigenvalue weighted by Crippen LogP contribution is 2.24. The fourth-order valence-electron chi connectivity index (χ4n) is 1.71. The van der Waals surface area contributed by atoms with Crippen LogP contribution in [0.25, 0.3) is 6.08 Å². The van der Waals surface area contributed by atoms with Gasteiger partial charge < -0.3 is 5.32 Å². The van der Waals surface area contributed by atoms with Gasteiger partial charge in [0.2, 0.25) is 5.91 Å². The van der Waals surface area contributed by atoms with E-state index >= 15 is 0 Å². The van der Waals surface area contributed by atoms with E-state index in [2.05, 4.69) is 5.32 Å². The predicted molar refractivity (Wildman–Crippen MR) is 90.3 cm³/mol. The topological polar surface area (TPSA) is 29.1 Å². The van der Waals surface area contributed by atoms with E-state index in [1.54, 1.807) is 42.5 Å². The fraction of sp³-hybridized carbons (Fsp3) is 0.0625. The highest BCUT2D eigenvalue weighted by molar-refractivity contribution is 6.42. The molecule has 0 atom stereocenters. The molecular formula is C16H12Cl3NO. The number of rotatable bonds is 3. The minimum absolute atomic E-state index is 0.244.